The standard InChI is InChI=1S/C33H37F3N2O3/c1-4-16-37-17-15-31-29-23-8-6-10-26(29)41-30(31)25(13-14-32(31,40)27(37)19-23)38(20-21(2)3)28(39)12-11-22-7-5-9-24(18-22)33(34,35)36/h4-12,18,21,25,27,30,40H,1,13-17,19-20H2,2-3H3/t25-,27-,30+,31+,32-/m1/s1. The lowest BCUT2D eigenvalue weighted by Crippen LogP contribution is -2.78. The number of nitrogens with zero attached hydrogens (tertiary/aromatic N) is 2. The third-order valence-electron chi connectivity index (χ3n) is 9.68. The normalized spacial score (nSPS) is 30.3. The Morgan fingerprint density at radius 3 is 2.76 bits per heavy atom. The SMILES string of the molecule is C=CCN1CC[C@]23c4c5cccc4O[C@H]2[C@H](N(CC(C)C)C(=O)C=Cc2cccc(C(F)(F)F)c2)CC[C@@]3(O)[C@H]1C5. The van der Waals surface area contributed by atoms with Crippen molar-refractivity contribution in [3.05, 3.63) is 83.4 Å². The molecule has 0 aromatic heterocycles. The zero-order chi connectivity index (χ0) is 29.2. The molecule has 5 atom stereocenters. The molecule has 218 valence electrons. The Labute approximate surface area is 239 Å². The van der Waals surface area contributed by atoms with E-state index in [-0.39, 0.29) is 23.9 Å². The first-order chi connectivity index (χ1) is 19.5. The summed E-state index contributed by atoms with van der Waals surface area (Å²) in [7, 11) is 0. The Bertz CT molecular complexity index is 1390. The molecule has 6 rings (SSSR count). The van der Waals surface area contributed by atoms with Gasteiger partial charge in [-0.2, -0.15) is 13.2 Å². The lowest BCUT2D eigenvalue weighted by molar-refractivity contribution is -0.199. The second-order valence-electron chi connectivity index (χ2n) is 12.4. The van der Waals surface area contributed by atoms with E-state index in [2.05, 4.69) is 17.5 Å². The fourth-order valence-electron chi connectivity index (χ4n) is 8.14. The summed E-state index contributed by atoms with van der Waals surface area (Å²) in [6, 6.07) is 10.7. The number of aliphatic hydroxyl groups is 1. The van der Waals surface area contributed by atoms with Crippen molar-refractivity contribution in [2.75, 3.05) is 19.6 Å². The van der Waals surface area contributed by atoms with Crippen LogP contribution in [0.2, 0.25) is 0 Å². The van der Waals surface area contributed by atoms with E-state index in [0.29, 0.717) is 37.9 Å². The summed E-state index contributed by atoms with van der Waals surface area (Å²) >= 11 is 0. The van der Waals surface area contributed by atoms with Crippen LogP contribution < -0.4 is 4.74 Å². The summed E-state index contributed by atoms with van der Waals surface area (Å²) in [6.07, 6.45) is 2.39. The maximum atomic E-state index is 13.8. The Morgan fingerprint density at radius 1 is 1.24 bits per heavy atom. The van der Waals surface area contributed by atoms with E-state index in [1.807, 2.05) is 37.0 Å². The minimum Gasteiger partial charge on any atom is -0.487 e. The number of carbonyl (C=O) groups excluding carboxylic acids is 1. The average Bonchev–Trinajstić information content (AvgIpc) is 3.27. The fraction of sp³-hybridized carbons (Fsp3) is 0.485. The van der Waals surface area contributed by atoms with Crippen molar-refractivity contribution in [2.45, 2.75) is 74.9 Å². The van der Waals surface area contributed by atoms with Gasteiger partial charge in [-0.1, -0.05) is 44.2 Å². The maximum absolute atomic E-state index is 13.8. The van der Waals surface area contributed by atoms with Crippen molar-refractivity contribution in [1.29, 1.82) is 0 Å². The van der Waals surface area contributed by atoms with E-state index in [1.165, 1.54) is 23.8 Å². The summed E-state index contributed by atoms with van der Waals surface area (Å²) in [5.74, 6) is 0.691. The molecule has 1 N–H and O–H groups in total. The number of hydrogen-bond acceptors (Lipinski definition) is 4. The van der Waals surface area contributed by atoms with Crippen LogP contribution >= 0.6 is 0 Å². The van der Waals surface area contributed by atoms with Crippen LogP contribution in [-0.2, 0) is 22.8 Å². The highest BCUT2D eigenvalue weighted by Crippen LogP contribution is 2.64. The van der Waals surface area contributed by atoms with Gasteiger partial charge in [0.05, 0.1) is 22.6 Å². The summed E-state index contributed by atoms with van der Waals surface area (Å²) < 4.78 is 46.5. The third kappa shape index (κ3) is 4.33. The molecule has 2 fully saturated rings. The molecule has 0 radical (unpaired) electrons. The first kappa shape index (κ1) is 28.0. The molecule has 2 aromatic rings. The molecule has 8 heteroatoms. The fourth-order valence-corrected chi connectivity index (χ4v) is 8.14. The molecule has 1 saturated carbocycles. The van der Waals surface area contributed by atoms with Gasteiger partial charge >= 0.3 is 6.18 Å². The molecule has 1 saturated heterocycles. The van der Waals surface area contributed by atoms with Gasteiger partial charge in [-0.05, 0) is 73.5 Å². The molecular formula is C33H37F3N2O3. The number of carbonyl (C=O) groups is 1. The van der Waals surface area contributed by atoms with Crippen LogP contribution in [0.25, 0.3) is 6.08 Å². The molecule has 0 unspecified atom stereocenters. The first-order valence-corrected chi connectivity index (χ1v) is 14.5. The predicted molar refractivity (Wildman–Crippen MR) is 151 cm³/mol. The molecule has 4 aliphatic rings. The van der Waals surface area contributed by atoms with Crippen molar-refractivity contribution in [3.63, 3.8) is 0 Å². The van der Waals surface area contributed by atoms with Gasteiger partial charge in [0, 0.05) is 30.8 Å². The Hall–Kier alpha value is -3.10. The van der Waals surface area contributed by atoms with E-state index < -0.39 is 28.9 Å². The van der Waals surface area contributed by atoms with Crippen LogP contribution in [0, 0.1) is 5.92 Å². The van der Waals surface area contributed by atoms with E-state index in [4.69, 9.17) is 4.74 Å². The highest BCUT2D eigenvalue weighted by molar-refractivity contribution is 5.92. The van der Waals surface area contributed by atoms with Crippen LogP contribution in [0.3, 0.4) is 0 Å². The van der Waals surface area contributed by atoms with Crippen molar-refractivity contribution >= 4 is 12.0 Å². The number of halogens is 3. The van der Waals surface area contributed by atoms with Crippen LogP contribution in [-0.4, -0.2) is 64.2 Å². The maximum Gasteiger partial charge on any atom is 0.416 e. The van der Waals surface area contributed by atoms with Crippen molar-refractivity contribution in [2.24, 2.45) is 5.92 Å². The Kier molecular flexibility index (Phi) is 6.85. The summed E-state index contributed by atoms with van der Waals surface area (Å²) in [6.45, 7) is 10.00. The van der Waals surface area contributed by atoms with Crippen molar-refractivity contribution < 1.29 is 27.8 Å². The number of ether oxygens (including phenoxy) is 1. The quantitative estimate of drug-likeness (QED) is 0.350. The summed E-state index contributed by atoms with van der Waals surface area (Å²) in [5, 5.41) is 12.6. The number of alkyl halides is 3. The Morgan fingerprint density at radius 2 is 2.02 bits per heavy atom. The van der Waals surface area contributed by atoms with E-state index >= 15 is 0 Å². The van der Waals surface area contributed by atoms with Gasteiger partial charge in [0.15, 0.2) is 0 Å². The second kappa shape index (κ2) is 10.0. The average molecular weight is 567 g/mol. The minimum atomic E-state index is -4.46. The molecule has 2 aromatic carbocycles. The second-order valence-corrected chi connectivity index (χ2v) is 12.4. The zero-order valence-corrected chi connectivity index (χ0v) is 23.5. The van der Waals surface area contributed by atoms with Gasteiger partial charge in [-0.15, -0.1) is 6.58 Å². The van der Waals surface area contributed by atoms with Crippen LogP contribution in [0.1, 0.15) is 55.4 Å². The van der Waals surface area contributed by atoms with E-state index in [0.717, 1.165) is 36.4 Å². The molecule has 2 aliphatic carbocycles. The molecular weight excluding hydrogens is 529 g/mol. The molecule has 2 bridgehead atoms. The van der Waals surface area contributed by atoms with Crippen LogP contribution in [0.5, 0.6) is 5.75 Å². The number of amides is 1. The Balaban J connectivity index is 1.37. The van der Waals surface area contributed by atoms with Crippen LogP contribution in [0.4, 0.5) is 13.2 Å². The number of rotatable bonds is 7. The van der Waals surface area contributed by atoms with Gasteiger partial charge in [-0.25, -0.2) is 0 Å². The molecule has 1 spiro atoms. The predicted octanol–water partition coefficient (Wildman–Crippen LogP) is 5.61. The topological polar surface area (TPSA) is 53.0 Å². The zero-order valence-electron chi connectivity index (χ0n) is 23.5. The largest absolute Gasteiger partial charge is 0.487 e. The molecule has 2 heterocycles. The van der Waals surface area contributed by atoms with Gasteiger partial charge in [0.25, 0.3) is 0 Å². The summed E-state index contributed by atoms with van der Waals surface area (Å²) in [4.78, 5) is 18.0. The summed E-state index contributed by atoms with van der Waals surface area (Å²) in [5.41, 5.74) is 0.217. The highest BCUT2D eigenvalue weighted by atomic mass is 19.4. The smallest absolute Gasteiger partial charge is 0.416 e. The van der Waals surface area contributed by atoms with Gasteiger partial charge < -0.3 is 14.7 Å². The lowest BCUT2D eigenvalue weighted by atomic mass is 9.48. The number of hydrogen-bond donors (Lipinski definition) is 1. The molecule has 41 heavy (non-hydrogen) atoms. The molecule has 1 amide bonds. The lowest BCUT2D eigenvalue weighted by Gasteiger charge is -2.64. The first-order valence-electron chi connectivity index (χ1n) is 14.5. The number of likely N-dealkylation sites (tertiary alicyclic amines) is 1. The highest BCUT2D eigenvalue weighted by Gasteiger charge is 2.73. The van der Waals surface area contributed by atoms with E-state index in [9.17, 15) is 23.1 Å². The van der Waals surface area contributed by atoms with E-state index in [1.54, 1.807) is 6.07 Å². The van der Waals surface area contributed by atoms with Gasteiger partial charge in [0.1, 0.15) is 11.9 Å². The molecule has 5 nitrogen and oxygen atoms in total. The van der Waals surface area contributed by atoms with Gasteiger partial charge in [0.2, 0.25) is 5.91 Å². The van der Waals surface area contributed by atoms with Crippen LogP contribution in [0.15, 0.2) is 61.2 Å². The van der Waals surface area contributed by atoms with Crippen molar-refractivity contribution in [3.8, 4) is 5.75 Å². The third-order valence-corrected chi connectivity index (χ3v) is 9.68. The van der Waals surface area contributed by atoms with Gasteiger partial charge in [-0.3, -0.25) is 9.69 Å². The monoisotopic (exact) mass is 566 g/mol. The number of benzene rings is 2. The minimum absolute atomic E-state index is 0.0720. The number of piperidine rings is 1. The van der Waals surface area contributed by atoms with Crippen molar-refractivity contribution in [1.82, 2.24) is 9.80 Å². The molecule has 2 aliphatic heterocycles.